The second-order valence-electron chi connectivity index (χ2n) is 6.60. The van der Waals surface area contributed by atoms with Gasteiger partial charge in [-0.3, -0.25) is 24.5 Å². The van der Waals surface area contributed by atoms with E-state index in [0.717, 1.165) is 38.2 Å². The fourth-order valence-corrected chi connectivity index (χ4v) is 3.08. The number of halogens is 1. The molecule has 0 heterocycles. The Morgan fingerprint density at radius 2 is 1.96 bits per heavy atom. The molecule has 1 atom stereocenters. The lowest BCUT2D eigenvalue weighted by molar-refractivity contribution is -0.384. The molecule has 2 rings (SSSR count). The van der Waals surface area contributed by atoms with Crippen LogP contribution in [0, 0.1) is 16.0 Å². The number of amides is 2. The Hall–Kier alpha value is -2.68. The van der Waals surface area contributed by atoms with Crippen molar-refractivity contribution in [2.24, 2.45) is 5.92 Å². The molecule has 0 radical (unpaired) electrons. The van der Waals surface area contributed by atoms with Gasteiger partial charge in [0.15, 0.2) is 6.10 Å². The Balaban J connectivity index is 1.83. The van der Waals surface area contributed by atoms with Crippen molar-refractivity contribution in [1.29, 1.82) is 0 Å². The highest BCUT2D eigenvalue weighted by molar-refractivity contribution is 6.33. The largest absolute Gasteiger partial charge is 0.451 e. The SMILES string of the molecule is CC(OC(=O)CNC(=O)C1CCCCC1)C(=O)Nc1cc([N+](=O)[O-])ccc1Cl. The Kier molecular flexibility index (Phi) is 7.74. The molecule has 10 heteroatoms. The summed E-state index contributed by atoms with van der Waals surface area (Å²) in [6.07, 6.45) is 3.56. The van der Waals surface area contributed by atoms with Crippen molar-refractivity contribution in [1.82, 2.24) is 5.32 Å². The van der Waals surface area contributed by atoms with E-state index in [1.165, 1.54) is 19.1 Å². The zero-order valence-electron chi connectivity index (χ0n) is 15.4. The third kappa shape index (κ3) is 6.19. The van der Waals surface area contributed by atoms with Crippen molar-refractivity contribution in [2.75, 3.05) is 11.9 Å². The molecule has 1 aliphatic carbocycles. The Morgan fingerprint density at radius 1 is 1.29 bits per heavy atom. The van der Waals surface area contributed by atoms with Crippen molar-refractivity contribution in [3.8, 4) is 0 Å². The molecular weight excluding hydrogens is 390 g/mol. The minimum absolute atomic E-state index is 0.0365. The van der Waals surface area contributed by atoms with Gasteiger partial charge in [0.05, 0.1) is 15.6 Å². The van der Waals surface area contributed by atoms with Crippen LogP contribution in [0.1, 0.15) is 39.0 Å². The van der Waals surface area contributed by atoms with Crippen LogP contribution in [0.2, 0.25) is 5.02 Å². The van der Waals surface area contributed by atoms with Gasteiger partial charge in [0.1, 0.15) is 6.54 Å². The van der Waals surface area contributed by atoms with E-state index in [1.54, 1.807) is 0 Å². The molecule has 0 bridgehead atoms. The smallest absolute Gasteiger partial charge is 0.326 e. The number of nitro groups is 1. The van der Waals surface area contributed by atoms with Crippen molar-refractivity contribution in [3.05, 3.63) is 33.3 Å². The van der Waals surface area contributed by atoms with Crippen molar-refractivity contribution < 1.29 is 24.0 Å². The van der Waals surface area contributed by atoms with E-state index in [0.29, 0.717) is 0 Å². The number of carbonyl (C=O) groups excluding carboxylic acids is 3. The van der Waals surface area contributed by atoms with Crippen LogP contribution in [-0.4, -0.2) is 35.4 Å². The molecule has 2 N–H and O–H groups in total. The molecule has 1 fully saturated rings. The molecule has 1 aromatic rings. The molecular formula is C18H22ClN3O6. The summed E-state index contributed by atoms with van der Waals surface area (Å²) in [5.74, 6) is -1.72. The maximum absolute atomic E-state index is 12.2. The number of carbonyl (C=O) groups is 3. The van der Waals surface area contributed by atoms with Crippen LogP contribution in [0.15, 0.2) is 18.2 Å². The minimum Gasteiger partial charge on any atom is -0.451 e. The lowest BCUT2D eigenvalue weighted by Gasteiger charge is -2.20. The molecule has 9 nitrogen and oxygen atoms in total. The van der Waals surface area contributed by atoms with E-state index >= 15 is 0 Å². The number of nitrogens with zero attached hydrogens (tertiary/aromatic N) is 1. The highest BCUT2D eigenvalue weighted by Gasteiger charge is 2.23. The first-order valence-electron chi connectivity index (χ1n) is 9.00. The third-order valence-electron chi connectivity index (χ3n) is 4.48. The molecule has 152 valence electrons. The monoisotopic (exact) mass is 411 g/mol. The van der Waals surface area contributed by atoms with Gasteiger partial charge in [-0.25, -0.2) is 0 Å². The molecule has 1 aliphatic rings. The fourth-order valence-electron chi connectivity index (χ4n) is 2.92. The van der Waals surface area contributed by atoms with Gasteiger partial charge < -0.3 is 15.4 Å². The fraction of sp³-hybridized carbons (Fsp3) is 0.500. The van der Waals surface area contributed by atoms with Crippen molar-refractivity contribution in [2.45, 2.75) is 45.1 Å². The quantitative estimate of drug-likeness (QED) is 0.403. The normalized spacial score (nSPS) is 15.4. The van der Waals surface area contributed by atoms with Crippen LogP contribution in [-0.2, 0) is 19.1 Å². The van der Waals surface area contributed by atoms with Crippen LogP contribution in [0.5, 0.6) is 0 Å². The van der Waals surface area contributed by atoms with Crippen molar-refractivity contribution in [3.63, 3.8) is 0 Å². The maximum Gasteiger partial charge on any atom is 0.326 e. The van der Waals surface area contributed by atoms with Crippen LogP contribution in [0.3, 0.4) is 0 Å². The zero-order valence-corrected chi connectivity index (χ0v) is 16.2. The first-order chi connectivity index (χ1) is 13.3. The van der Waals surface area contributed by atoms with E-state index < -0.39 is 22.9 Å². The predicted molar refractivity (Wildman–Crippen MR) is 102 cm³/mol. The predicted octanol–water partition coefficient (Wildman–Crippen LogP) is 2.81. The Bertz CT molecular complexity index is 764. The minimum atomic E-state index is -1.17. The molecule has 1 unspecified atom stereocenters. The van der Waals surface area contributed by atoms with E-state index in [2.05, 4.69) is 10.6 Å². The van der Waals surface area contributed by atoms with Crippen LogP contribution < -0.4 is 10.6 Å². The van der Waals surface area contributed by atoms with Crippen molar-refractivity contribution >= 4 is 40.8 Å². The van der Waals surface area contributed by atoms with Gasteiger partial charge in [0.25, 0.3) is 11.6 Å². The Labute approximate surface area is 166 Å². The number of benzene rings is 1. The first kappa shape index (κ1) is 21.6. The van der Waals surface area contributed by atoms with Crippen LogP contribution >= 0.6 is 11.6 Å². The van der Waals surface area contributed by atoms with E-state index in [4.69, 9.17) is 16.3 Å². The van der Waals surface area contributed by atoms with Gasteiger partial charge in [0.2, 0.25) is 5.91 Å². The van der Waals surface area contributed by atoms with Gasteiger partial charge in [-0.15, -0.1) is 0 Å². The summed E-state index contributed by atoms with van der Waals surface area (Å²) in [6, 6.07) is 3.60. The molecule has 1 saturated carbocycles. The highest BCUT2D eigenvalue weighted by Crippen LogP contribution is 2.27. The van der Waals surface area contributed by atoms with Crippen LogP contribution in [0.25, 0.3) is 0 Å². The number of hydrogen-bond acceptors (Lipinski definition) is 6. The number of esters is 1. The average molecular weight is 412 g/mol. The summed E-state index contributed by atoms with van der Waals surface area (Å²) in [5, 5.41) is 15.8. The number of anilines is 1. The standard InChI is InChI=1S/C18H22ClN3O6/c1-11(17(24)21-15-9-13(22(26)27)7-8-14(15)19)28-16(23)10-20-18(25)12-5-3-2-4-6-12/h7-9,11-12H,2-6,10H2,1H3,(H,20,25)(H,21,24). The summed E-state index contributed by atoms with van der Waals surface area (Å²) < 4.78 is 5.00. The Morgan fingerprint density at radius 3 is 2.61 bits per heavy atom. The first-order valence-corrected chi connectivity index (χ1v) is 9.37. The molecule has 28 heavy (non-hydrogen) atoms. The van der Waals surface area contributed by atoms with Gasteiger partial charge in [-0.05, 0) is 25.8 Å². The molecule has 2 amide bonds. The summed E-state index contributed by atoms with van der Waals surface area (Å²) in [7, 11) is 0. The number of rotatable bonds is 7. The number of ether oxygens (including phenoxy) is 1. The number of hydrogen-bond donors (Lipinski definition) is 2. The lowest BCUT2D eigenvalue weighted by atomic mass is 9.89. The maximum atomic E-state index is 12.2. The molecule has 1 aromatic carbocycles. The second-order valence-corrected chi connectivity index (χ2v) is 7.00. The third-order valence-corrected chi connectivity index (χ3v) is 4.81. The zero-order chi connectivity index (χ0) is 20.7. The average Bonchev–Trinajstić information content (AvgIpc) is 2.68. The number of nitrogens with one attached hydrogen (secondary N) is 2. The van der Waals surface area contributed by atoms with E-state index in [1.807, 2.05) is 0 Å². The molecule has 0 saturated heterocycles. The summed E-state index contributed by atoms with van der Waals surface area (Å²) in [5.41, 5.74) is -0.205. The molecule has 0 aliphatic heterocycles. The number of nitro benzene ring substituents is 1. The topological polar surface area (TPSA) is 128 Å². The van der Waals surface area contributed by atoms with Gasteiger partial charge in [-0.2, -0.15) is 0 Å². The number of non-ortho nitro benzene ring substituents is 1. The summed E-state index contributed by atoms with van der Waals surface area (Å²) in [6.45, 7) is 1.02. The highest BCUT2D eigenvalue weighted by atomic mass is 35.5. The van der Waals surface area contributed by atoms with Gasteiger partial charge >= 0.3 is 5.97 Å². The second kappa shape index (κ2) is 10.0. The van der Waals surface area contributed by atoms with Gasteiger partial charge in [-0.1, -0.05) is 30.9 Å². The summed E-state index contributed by atoms with van der Waals surface area (Å²) in [4.78, 5) is 46.3. The lowest BCUT2D eigenvalue weighted by Crippen LogP contribution is -2.38. The van der Waals surface area contributed by atoms with Gasteiger partial charge in [0, 0.05) is 18.1 Å². The summed E-state index contributed by atoms with van der Waals surface area (Å²) >= 11 is 5.92. The van der Waals surface area contributed by atoms with E-state index in [-0.39, 0.29) is 34.8 Å². The molecule has 0 spiro atoms. The van der Waals surface area contributed by atoms with E-state index in [9.17, 15) is 24.5 Å². The van der Waals surface area contributed by atoms with Crippen LogP contribution in [0.4, 0.5) is 11.4 Å². The molecule has 0 aromatic heterocycles.